The monoisotopic (exact) mass is 213 g/mol. The van der Waals surface area contributed by atoms with Crippen LogP contribution in [0.3, 0.4) is 0 Å². The van der Waals surface area contributed by atoms with Crippen molar-refractivity contribution in [2.45, 2.75) is 25.7 Å². The van der Waals surface area contributed by atoms with Crippen LogP contribution in [0.1, 0.15) is 16.7 Å². The third-order valence-corrected chi connectivity index (χ3v) is 2.79. The van der Waals surface area contributed by atoms with Gasteiger partial charge in [0.1, 0.15) is 0 Å². The van der Waals surface area contributed by atoms with Crippen LogP contribution in [-0.2, 0) is 9.32 Å². The molecule has 0 radical (unpaired) electrons. The topological polar surface area (TPSA) is 30.5 Å². The summed E-state index contributed by atoms with van der Waals surface area (Å²) >= 11 is 1.21. The molecular weight excluding hydrogens is 198 g/mol. The van der Waals surface area contributed by atoms with Crippen LogP contribution >= 0.6 is 12.0 Å². The summed E-state index contributed by atoms with van der Waals surface area (Å²) in [6.45, 7) is 6.23. The van der Waals surface area contributed by atoms with Crippen molar-refractivity contribution in [2.75, 3.05) is 7.05 Å². The fourth-order valence-electron chi connectivity index (χ4n) is 1.11. The highest BCUT2D eigenvalue weighted by molar-refractivity contribution is 7.94. The lowest BCUT2D eigenvalue weighted by Crippen LogP contribution is -2.04. The largest absolute Gasteiger partial charge is 0.172 e. The molecule has 0 amide bonds. The van der Waals surface area contributed by atoms with Crippen LogP contribution in [0.4, 0.5) is 0 Å². The van der Waals surface area contributed by atoms with Gasteiger partial charge in [-0.25, -0.2) is 0 Å². The van der Waals surface area contributed by atoms with Gasteiger partial charge in [-0.15, -0.1) is 9.32 Å². The summed E-state index contributed by atoms with van der Waals surface area (Å²) in [6, 6.07) is 4.23. The molecule has 4 heteroatoms. The zero-order valence-corrected chi connectivity index (χ0v) is 9.70. The average Bonchev–Trinajstić information content (AvgIpc) is 2.14. The highest BCUT2D eigenvalue weighted by atomic mass is 32.2. The first-order valence-corrected chi connectivity index (χ1v) is 5.14. The maximum atomic E-state index is 4.85. The van der Waals surface area contributed by atoms with Gasteiger partial charge < -0.3 is 0 Å². The van der Waals surface area contributed by atoms with Gasteiger partial charge in [0, 0.05) is 11.9 Å². The number of nitrogens with one attached hydrogen (secondary N) is 1. The standard InChI is InChI=1S/C10H15NO2S/c1-7-5-9(3)10(6-8(7)2)14-13-12-11-4/h5-6,11H,1-4H3. The molecule has 0 unspecified atom stereocenters. The molecule has 0 bridgehead atoms. The molecule has 0 aliphatic heterocycles. The van der Waals surface area contributed by atoms with Crippen LogP contribution in [0.25, 0.3) is 0 Å². The molecule has 0 saturated heterocycles. The minimum Gasteiger partial charge on any atom is -0.172 e. The van der Waals surface area contributed by atoms with Crippen molar-refractivity contribution < 1.29 is 9.32 Å². The lowest BCUT2D eigenvalue weighted by atomic mass is 10.1. The molecule has 1 rings (SSSR count). The first-order chi connectivity index (χ1) is 6.65. The van der Waals surface area contributed by atoms with E-state index in [2.05, 4.69) is 43.4 Å². The fraction of sp³-hybridized carbons (Fsp3) is 0.400. The second-order valence-corrected chi connectivity index (χ2v) is 3.88. The molecule has 0 fully saturated rings. The van der Waals surface area contributed by atoms with Crippen molar-refractivity contribution >= 4 is 12.0 Å². The Bertz CT molecular complexity index is 315. The normalized spacial score (nSPS) is 10.6. The van der Waals surface area contributed by atoms with Gasteiger partial charge in [-0.3, -0.25) is 0 Å². The Kier molecular flexibility index (Phi) is 4.41. The first kappa shape index (κ1) is 11.5. The van der Waals surface area contributed by atoms with Gasteiger partial charge in [0.25, 0.3) is 0 Å². The van der Waals surface area contributed by atoms with Gasteiger partial charge in [-0.2, -0.15) is 5.48 Å². The van der Waals surface area contributed by atoms with Gasteiger partial charge in [-0.05, 0) is 43.5 Å². The molecule has 0 aliphatic rings. The minimum absolute atomic E-state index is 1.07. The Morgan fingerprint density at radius 1 is 1.07 bits per heavy atom. The molecule has 0 heterocycles. The maximum Gasteiger partial charge on any atom is 0.0705 e. The number of hydrogen-bond donors (Lipinski definition) is 1. The average molecular weight is 213 g/mol. The van der Waals surface area contributed by atoms with Crippen molar-refractivity contribution in [1.29, 1.82) is 0 Å². The zero-order valence-electron chi connectivity index (χ0n) is 8.88. The lowest BCUT2D eigenvalue weighted by Gasteiger charge is -2.07. The summed E-state index contributed by atoms with van der Waals surface area (Å²) in [7, 11) is 1.65. The SMILES string of the molecule is CNOOSc1cc(C)c(C)cc1C. The summed E-state index contributed by atoms with van der Waals surface area (Å²) in [5.41, 5.74) is 6.18. The van der Waals surface area contributed by atoms with E-state index in [1.807, 2.05) is 0 Å². The van der Waals surface area contributed by atoms with E-state index in [0.717, 1.165) is 4.90 Å². The minimum atomic E-state index is 1.07. The molecule has 0 aromatic heterocycles. The molecule has 3 nitrogen and oxygen atoms in total. The van der Waals surface area contributed by atoms with E-state index in [-0.39, 0.29) is 0 Å². The first-order valence-electron chi connectivity index (χ1n) is 4.40. The Morgan fingerprint density at radius 2 is 1.71 bits per heavy atom. The third kappa shape index (κ3) is 2.99. The van der Waals surface area contributed by atoms with E-state index in [9.17, 15) is 0 Å². The molecule has 14 heavy (non-hydrogen) atoms. The van der Waals surface area contributed by atoms with Crippen LogP contribution in [0, 0.1) is 20.8 Å². The molecule has 0 aliphatic carbocycles. The van der Waals surface area contributed by atoms with E-state index in [1.54, 1.807) is 7.05 Å². The lowest BCUT2D eigenvalue weighted by molar-refractivity contribution is -0.237. The maximum absolute atomic E-state index is 4.85. The summed E-state index contributed by atoms with van der Waals surface area (Å²) in [6.07, 6.45) is 0. The fourth-order valence-corrected chi connectivity index (χ4v) is 1.70. The van der Waals surface area contributed by atoms with Crippen LogP contribution in [0.2, 0.25) is 0 Å². The smallest absolute Gasteiger partial charge is 0.0705 e. The molecule has 0 saturated carbocycles. The van der Waals surface area contributed by atoms with E-state index in [4.69, 9.17) is 4.33 Å². The molecular formula is C10H15NO2S. The Labute approximate surface area is 88.9 Å². The van der Waals surface area contributed by atoms with Crippen LogP contribution < -0.4 is 5.48 Å². The number of hydroxylamine groups is 1. The summed E-state index contributed by atoms with van der Waals surface area (Å²) in [4.78, 5) is 5.65. The Hall–Kier alpha value is -0.550. The number of rotatable bonds is 4. The van der Waals surface area contributed by atoms with E-state index < -0.39 is 0 Å². The zero-order chi connectivity index (χ0) is 10.6. The van der Waals surface area contributed by atoms with Crippen LogP contribution in [0.5, 0.6) is 0 Å². The highest BCUT2D eigenvalue weighted by Gasteiger charge is 2.03. The number of benzene rings is 1. The molecule has 78 valence electrons. The van der Waals surface area contributed by atoms with Crippen LogP contribution in [-0.4, -0.2) is 7.05 Å². The quantitative estimate of drug-likeness (QED) is 0.360. The second kappa shape index (κ2) is 5.36. The van der Waals surface area contributed by atoms with Gasteiger partial charge in [-0.1, -0.05) is 6.07 Å². The molecule has 0 spiro atoms. The van der Waals surface area contributed by atoms with Crippen LogP contribution in [0.15, 0.2) is 17.0 Å². The van der Waals surface area contributed by atoms with E-state index in [1.165, 1.54) is 28.7 Å². The van der Waals surface area contributed by atoms with Crippen molar-refractivity contribution in [3.63, 3.8) is 0 Å². The Morgan fingerprint density at radius 3 is 2.36 bits per heavy atom. The predicted octanol–water partition coefficient (Wildman–Crippen LogP) is 2.70. The highest BCUT2D eigenvalue weighted by Crippen LogP contribution is 2.26. The third-order valence-electron chi connectivity index (χ3n) is 2.03. The van der Waals surface area contributed by atoms with E-state index >= 15 is 0 Å². The van der Waals surface area contributed by atoms with Crippen molar-refractivity contribution in [2.24, 2.45) is 0 Å². The summed E-state index contributed by atoms with van der Waals surface area (Å²) < 4.78 is 4.85. The van der Waals surface area contributed by atoms with Gasteiger partial charge in [0.05, 0.1) is 12.0 Å². The summed E-state index contributed by atoms with van der Waals surface area (Å²) in [5.74, 6) is 0. The Balaban J connectivity index is 2.72. The second-order valence-electron chi connectivity index (χ2n) is 3.14. The number of hydrogen-bond acceptors (Lipinski definition) is 4. The predicted molar refractivity (Wildman–Crippen MR) is 57.7 cm³/mol. The number of aryl methyl sites for hydroxylation is 3. The summed E-state index contributed by atoms with van der Waals surface area (Å²) in [5, 5.41) is 0. The molecule has 0 atom stereocenters. The van der Waals surface area contributed by atoms with Gasteiger partial charge in [0.15, 0.2) is 0 Å². The van der Waals surface area contributed by atoms with Gasteiger partial charge >= 0.3 is 0 Å². The molecule has 1 N–H and O–H groups in total. The van der Waals surface area contributed by atoms with Gasteiger partial charge in [0.2, 0.25) is 0 Å². The van der Waals surface area contributed by atoms with Crippen molar-refractivity contribution in [3.05, 3.63) is 28.8 Å². The molecule has 1 aromatic rings. The van der Waals surface area contributed by atoms with E-state index in [0.29, 0.717) is 0 Å². The molecule has 1 aromatic carbocycles. The van der Waals surface area contributed by atoms with Crippen molar-refractivity contribution in [3.8, 4) is 0 Å². The van der Waals surface area contributed by atoms with Crippen molar-refractivity contribution in [1.82, 2.24) is 5.48 Å².